The van der Waals surface area contributed by atoms with Gasteiger partial charge in [0.15, 0.2) is 6.29 Å². The number of carbonyl (C=O) groups is 1. The van der Waals surface area contributed by atoms with Crippen molar-refractivity contribution < 1.29 is 4.79 Å². The third-order valence-corrected chi connectivity index (χ3v) is 2.66. The number of aromatic amines is 1. The maximum absolute atomic E-state index is 10.9. The van der Waals surface area contributed by atoms with Gasteiger partial charge in [-0.1, -0.05) is 11.6 Å². The summed E-state index contributed by atoms with van der Waals surface area (Å²) in [6, 6.07) is 0. The Hall–Kier alpha value is -1.95. The molecule has 2 aromatic heterocycles. The van der Waals surface area contributed by atoms with E-state index in [1.54, 1.807) is 19.4 Å². The van der Waals surface area contributed by atoms with Crippen LogP contribution in [0, 0.1) is 6.92 Å². The van der Waals surface area contributed by atoms with E-state index >= 15 is 0 Å². The lowest BCUT2D eigenvalue weighted by Gasteiger charge is -2.08. The van der Waals surface area contributed by atoms with Crippen LogP contribution >= 0.6 is 11.6 Å². The predicted octanol–water partition coefficient (Wildman–Crippen LogP) is 1.63. The second-order valence-electron chi connectivity index (χ2n) is 3.70. The lowest BCUT2D eigenvalue weighted by Crippen LogP contribution is -2.10. The Morgan fingerprint density at radius 2 is 2.33 bits per heavy atom. The number of aromatic nitrogens is 4. The Balaban J connectivity index is 2.06. The normalized spacial score (nSPS) is 10.3. The Kier molecular flexibility index (Phi) is 3.88. The summed E-state index contributed by atoms with van der Waals surface area (Å²) >= 11 is 5.87. The zero-order valence-corrected chi connectivity index (χ0v) is 10.5. The van der Waals surface area contributed by atoms with Gasteiger partial charge in [0.1, 0.15) is 16.8 Å². The molecule has 0 unspecified atom stereocenters. The van der Waals surface area contributed by atoms with Gasteiger partial charge < -0.3 is 10.3 Å². The first-order chi connectivity index (χ1) is 8.70. The molecule has 0 bridgehead atoms. The fraction of sp³-hybridized carbons (Fsp3) is 0.273. The van der Waals surface area contributed by atoms with E-state index in [1.807, 2.05) is 0 Å². The highest BCUT2D eigenvalue weighted by atomic mass is 35.5. The van der Waals surface area contributed by atoms with E-state index in [4.69, 9.17) is 11.6 Å². The standard InChI is InChI=1S/C11H12ClN5O/c1-7-16-10(12)9(5-18)11(17-7)14-3-2-8-4-13-6-15-8/h4-6H,2-3H2,1H3,(H,13,15)(H,14,16,17). The SMILES string of the molecule is Cc1nc(Cl)c(C=O)c(NCCc2cnc[nH]2)n1. The van der Waals surface area contributed by atoms with Gasteiger partial charge in [0.05, 0.1) is 11.9 Å². The van der Waals surface area contributed by atoms with Gasteiger partial charge in [-0.3, -0.25) is 4.79 Å². The molecule has 0 radical (unpaired) electrons. The van der Waals surface area contributed by atoms with Crippen LogP contribution in [0.1, 0.15) is 21.9 Å². The summed E-state index contributed by atoms with van der Waals surface area (Å²) in [7, 11) is 0. The van der Waals surface area contributed by atoms with Crippen LogP contribution in [0.25, 0.3) is 0 Å². The average Bonchev–Trinajstić information content (AvgIpc) is 2.81. The maximum Gasteiger partial charge on any atom is 0.156 e. The number of halogens is 1. The third kappa shape index (κ3) is 2.84. The van der Waals surface area contributed by atoms with Gasteiger partial charge in [-0.2, -0.15) is 0 Å². The van der Waals surface area contributed by atoms with Crippen molar-refractivity contribution >= 4 is 23.7 Å². The molecule has 0 aromatic carbocycles. The van der Waals surface area contributed by atoms with E-state index in [0.717, 1.165) is 12.1 Å². The lowest BCUT2D eigenvalue weighted by molar-refractivity contribution is 0.112. The smallest absolute Gasteiger partial charge is 0.156 e. The van der Waals surface area contributed by atoms with Gasteiger partial charge in [-0.15, -0.1) is 0 Å². The number of carbonyl (C=O) groups excluding carboxylic acids is 1. The van der Waals surface area contributed by atoms with E-state index < -0.39 is 0 Å². The summed E-state index contributed by atoms with van der Waals surface area (Å²) in [6.45, 7) is 2.34. The van der Waals surface area contributed by atoms with Crippen molar-refractivity contribution in [3.63, 3.8) is 0 Å². The molecule has 0 aliphatic rings. The first-order valence-electron chi connectivity index (χ1n) is 5.41. The summed E-state index contributed by atoms with van der Waals surface area (Å²) < 4.78 is 0. The van der Waals surface area contributed by atoms with Crippen molar-refractivity contribution in [1.82, 2.24) is 19.9 Å². The van der Waals surface area contributed by atoms with Crippen LogP contribution in [0.15, 0.2) is 12.5 Å². The molecule has 18 heavy (non-hydrogen) atoms. The number of rotatable bonds is 5. The van der Waals surface area contributed by atoms with E-state index in [1.165, 1.54) is 0 Å². The first kappa shape index (κ1) is 12.5. The third-order valence-electron chi connectivity index (χ3n) is 2.37. The number of nitrogens with zero attached hydrogens (tertiary/aromatic N) is 3. The van der Waals surface area contributed by atoms with Crippen LogP contribution in [0.3, 0.4) is 0 Å². The summed E-state index contributed by atoms with van der Waals surface area (Å²) in [5.74, 6) is 0.983. The van der Waals surface area contributed by atoms with E-state index in [9.17, 15) is 4.79 Å². The maximum atomic E-state index is 10.9. The molecule has 2 N–H and O–H groups in total. The highest BCUT2D eigenvalue weighted by Gasteiger charge is 2.10. The van der Waals surface area contributed by atoms with Crippen LogP contribution in [0.2, 0.25) is 5.15 Å². The molecule has 7 heteroatoms. The van der Waals surface area contributed by atoms with Gasteiger partial charge in [-0.05, 0) is 6.92 Å². The monoisotopic (exact) mass is 265 g/mol. The molecule has 0 aliphatic heterocycles. The minimum atomic E-state index is 0.168. The van der Waals surface area contributed by atoms with Gasteiger partial charge in [0.2, 0.25) is 0 Å². The molecule has 0 fully saturated rings. The Morgan fingerprint density at radius 1 is 1.50 bits per heavy atom. The molecule has 0 amide bonds. The topological polar surface area (TPSA) is 83.6 Å². The zero-order valence-electron chi connectivity index (χ0n) is 9.77. The minimum Gasteiger partial charge on any atom is -0.369 e. The van der Waals surface area contributed by atoms with Crippen molar-refractivity contribution in [2.24, 2.45) is 0 Å². The van der Waals surface area contributed by atoms with Crippen molar-refractivity contribution in [3.8, 4) is 0 Å². The fourth-order valence-electron chi connectivity index (χ4n) is 1.52. The molecule has 0 saturated heterocycles. The quantitative estimate of drug-likeness (QED) is 0.634. The number of imidazole rings is 1. The van der Waals surface area contributed by atoms with Crippen LogP contribution in [-0.2, 0) is 6.42 Å². The molecule has 0 saturated carbocycles. The largest absolute Gasteiger partial charge is 0.369 e. The molecule has 0 spiro atoms. The number of nitrogens with one attached hydrogen (secondary N) is 2. The number of hydrogen-bond acceptors (Lipinski definition) is 5. The number of aldehydes is 1. The molecular weight excluding hydrogens is 254 g/mol. The van der Waals surface area contributed by atoms with E-state index in [2.05, 4.69) is 25.3 Å². The molecule has 2 rings (SSSR count). The predicted molar refractivity (Wildman–Crippen MR) is 67.9 cm³/mol. The van der Waals surface area contributed by atoms with Crippen molar-refractivity contribution in [2.75, 3.05) is 11.9 Å². The molecule has 94 valence electrons. The minimum absolute atomic E-state index is 0.168. The second kappa shape index (κ2) is 5.59. The van der Waals surface area contributed by atoms with E-state index in [0.29, 0.717) is 24.5 Å². The lowest BCUT2D eigenvalue weighted by atomic mass is 10.3. The molecule has 0 aliphatic carbocycles. The number of H-pyrrole nitrogens is 1. The highest BCUT2D eigenvalue weighted by Crippen LogP contribution is 2.18. The van der Waals surface area contributed by atoms with Crippen molar-refractivity contribution in [3.05, 3.63) is 34.8 Å². The summed E-state index contributed by atoms with van der Waals surface area (Å²) in [5, 5.41) is 3.24. The van der Waals surface area contributed by atoms with Gasteiger partial charge in [0, 0.05) is 24.9 Å². The van der Waals surface area contributed by atoms with Gasteiger partial charge in [0.25, 0.3) is 0 Å². The number of aryl methyl sites for hydroxylation is 1. The van der Waals surface area contributed by atoms with Crippen molar-refractivity contribution in [1.29, 1.82) is 0 Å². The van der Waals surface area contributed by atoms with Gasteiger partial charge in [-0.25, -0.2) is 15.0 Å². The molecular formula is C11H12ClN5O. The molecule has 6 nitrogen and oxygen atoms in total. The Bertz CT molecular complexity index is 541. The summed E-state index contributed by atoms with van der Waals surface area (Å²) in [6.07, 6.45) is 4.78. The summed E-state index contributed by atoms with van der Waals surface area (Å²) in [5.41, 5.74) is 1.29. The summed E-state index contributed by atoms with van der Waals surface area (Å²) in [4.78, 5) is 25.9. The van der Waals surface area contributed by atoms with E-state index in [-0.39, 0.29) is 10.7 Å². The fourth-order valence-corrected chi connectivity index (χ4v) is 1.78. The number of hydrogen-bond donors (Lipinski definition) is 2. The first-order valence-corrected chi connectivity index (χ1v) is 5.79. The van der Waals surface area contributed by atoms with Crippen LogP contribution in [0.4, 0.5) is 5.82 Å². The second-order valence-corrected chi connectivity index (χ2v) is 4.05. The highest BCUT2D eigenvalue weighted by molar-refractivity contribution is 6.32. The van der Waals surface area contributed by atoms with Crippen LogP contribution in [-0.4, -0.2) is 32.8 Å². The number of anilines is 1. The Labute approximate surface area is 109 Å². The molecule has 0 atom stereocenters. The van der Waals surface area contributed by atoms with Gasteiger partial charge >= 0.3 is 0 Å². The van der Waals surface area contributed by atoms with Crippen LogP contribution in [0.5, 0.6) is 0 Å². The molecule has 2 heterocycles. The average molecular weight is 266 g/mol. The Morgan fingerprint density at radius 3 is 3.00 bits per heavy atom. The van der Waals surface area contributed by atoms with Crippen LogP contribution < -0.4 is 5.32 Å². The van der Waals surface area contributed by atoms with Crippen molar-refractivity contribution in [2.45, 2.75) is 13.3 Å². The molecule has 2 aromatic rings. The zero-order chi connectivity index (χ0) is 13.0.